The van der Waals surface area contributed by atoms with E-state index in [1.54, 1.807) is 29.1 Å². The van der Waals surface area contributed by atoms with Crippen molar-refractivity contribution in [3.05, 3.63) is 42.0 Å². The molecule has 0 unspecified atom stereocenters. The van der Waals surface area contributed by atoms with Gasteiger partial charge in [-0.2, -0.15) is 0 Å². The van der Waals surface area contributed by atoms with Crippen LogP contribution in [0.2, 0.25) is 0 Å². The molecule has 2 heterocycles. The molecule has 108 valence electrons. The van der Waals surface area contributed by atoms with Crippen LogP contribution >= 0.6 is 0 Å². The Labute approximate surface area is 120 Å². The maximum Gasteiger partial charge on any atom is 0.291 e. The van der Waals surface area contributed by atoms with Gasteiger partial charge in [-0.15, -0.1) is 5.10 Å². The minimum absolute atomic E-state index is 0.170. The van der Waals surface area contributed by atoms with E-state index >= 15 is 0 Å². The lowest BCUT2D eigenvalue weighted by atomic mass is 9.93. The number of carbonyl (C=O) groups is 2. The summed E-state index contributed by atoms with van der Waals surface area (Å²) in [7, 11) is 0. The monoisotopic (exact) mass is 286 g/mol. The van der Waals surface area contributed by atoms with Crippen LogP contribution in [0.5, 0.6) is 0 Å². The first-order valence-corrected chi connectivity index (χ1v) is 6.67. The minimum atomic E-state index is -0.509. The molecule has 1 fully saturated rings. The molecule has 1 aliphatic rings. The fourth-order valence-electron chi connectivity index (χ4n) is 1.95. The molecule has 0 bridgehead atoms. The maximum atomic E-state index is 11.9. The van der Waals surface area contributed by atoms with Gasteiger partial charge in [0.15, 0.2) is 5.69 Å². The predicted molar refractivity (Wildman–Crippen MR) is 72.1 cm³/mol. The molecule has 0 atom stereocenters. The van der Waals surface area contributed by atoms with E-state index in [-0.39, 0.29) is 11.4 Å². The maximum absolute atomic E-state index is 11.9. The van der Waals surface area contributed by atoms with Crippen molar-refractivity contribution in [1.29, 1.82) is 0 Å². The normalized spacial score (nSPS) is 14.3. The number of pyridine rings is 1. The molecule has 0 aliphatic heterocycles. The molecule has 8 nitrogen and oxygen atoms in total. The first kappa shape index (κ1) is 13.2. The molecule has 2 aromatic heterocycles. The van der Waals surface area contributed by atoms with Crippen molar-refractivity contribution in [3.8, 4) is 0 Å². The molecule has 3 rings (SSSR count). The van der Waals surface area contributed by atoms with Crippen molar-refractivity contribution < 1.29 is 9.59 Å². The third kappa shape index (κ3) is 2.88. The topological polar surface area (TPSA) is 102 Å². The van der Waals surface area contributed by atoms with Crippen LogP contribution in [0.4, 0.5) is 0 Å². The van der Waals surface area contributed by atoms with Gasteiger partial charge in [0, 0.05) is 6.20 Å². The smallest absolute Gasteiger partial charge is 0.266 e. The number of carbonyl (C=O) groups excluding carboxylic acids is 2. The Hall–Kier alpha value is -2.77. The van der Waals surface area contributed by atoms with Crippen molar-refractivity contribution in [1.82, 2.24) is 30.8 Å². The summed E-state index contributed by atoms with van der Waals surface area (Å²) in [6.07, 6.45) is 6.38. The lowest BCUT2D eigenvalue weighted by Gasteiger charge is -2.24. The van der Waals surface area contributed by atoms with Crippen LogP contribution in [-0.4, -0.2) is 31.8 Å². The lowest BCUT2D eigenvalue weighted by Crippen LogP contribution is -2.42. The zero-order valence-corrected chi connectivity index (χ0v) is 11.2. The molecule has 0 aromatic carbocycles. The summed E-state index contributed by atoms with van der Waals surface area (Å²) in [6.45, 7) is 0. The fraction of sp³-hybridized carbons (Fsp3) is 0.308. The third-order valence-electron chi connectivity index (χ3n) is 3.38. The van der Waals surface area contributed by atoms with Crippen molar-refractivity contribution in [2.75, 3.05) is 0 Å². The lowest BCUT2D eigenvalue weighted by molar-refractivity contribution is 0.0841. The van der Waals surface area contributed by atoms with Crippen LogP contribution in [0, 0.1) is 0 Å². The summed E-state index contributed by atoms with van der Waals surface area (Å²) in [4.78, 5) is 27.5. The van der Waals surface area contributed by atoms with E-state index in [0.29, 0.717) is 6.04 Å². The van der Waals surface area contributed by atoms with E-state index in [9.17, 15) is 9.59 Å². The Balaban J connectivity index is 1.56. The molecule has 1 saturated carbocycles. The van der Waals surface area contributed by atoms with Gasteiger partial charge in [0.05, 0.1) is 12.2 Å². The standard InChI is InChI=1S/C13H14N6O2/c20-12(10-6-1-2-7-14-10)16-17-13(21)11-8-19(18-15-11)9-4-3-5-9/h1-2,6-9H,3-5H2,(H,16,20)(H,17,21). The molecule has 2 aromatic rings. The zero-order valence-electron chi connectivity index (χ0n) is 11.2. The first-order valence-electron chi connectivity index (χ1n) is 6.67. The second kappa shape index (κ2) is 5.70. The second-order valence-corrected chi connectivity index (χ2v) is 4.79. The highest BCUT2D eigenvalue weighted by Crippen LogP contribution is 2.30. The van der Waals surface area contributed by atoms with Crippen molar-refractivity contribution in [2.24, 2.45) is 0 Å². The van der Waals surface area contributed by atoms with E-state index < -0.39 is 11.8 Å². The average Bonchev–Trinajstić information content (AvgIpc) is 2.93. The molecule has 0 spiro atoms. The number of hydrogen-bond donors (Lipinski definition) is 2. The first-order chi connectivity index (χ1) is 10.2. The zero-order chi connectivity index (χ0) is 14.7. The van der Waals surface area contributed by atoms with Crippen LogP contribution in [0.1, 0.15) is 46.3 Å². The Kier molecular flexibility index (Phi) is 3.59. The number of amides is 2. The van der Waals surface area contributed by atoms with E-state index in [0.717, 1.165) is 12.8 Å². The molecular weight excluding hydrogens is 272 g/mol. The van der Waals surface area contributed by atoms with Crippen LogP contribution in [0.25, 0.3) is 0 Å². The molecule has 8 heteroatoms. The van der Waals surface area contributed by atoms with Crippen molar-refractivity contribution in [3.63, 3.8) is 0 Å². The highest BCUT2D eigenvalue weighted by molar-refractivity contribution is 5.97. The number of nitrogens with one attached hydrogen (secondary N) is 2. The Morgan fingerprint density at radius 3 is 2.52 bits per heavy atom. The molecule has 2 N–H and O–H groups in total. The summed E-state index contributed by atoms with van der Waals surface area (Å²) in [5.74, 6) is -1.000. The SMILES string of the molecule is O=C(NNC(=O)c1cn(C2CCC2)nn1)c1ccccn1. The largest absolute Gasteiger partial charge is 0.291 e. The molecular formula is C13H14N6O2. The van der Waals surface area contributed by atoms with Gasteiger partial charge in [-0.3, -0.25) is 25.4 Å². The summed E-state index contributed by atoms with van der Waals surface area (Å²) >= 11 is 0. The quantitative estimate of drug-likeness (QED) is 0.799. The van der Waals surface area contributed by atoms with Crippen LogP contribution < -0.4 is 10.9 Å². The number of hydrogen-bond acceptors (Lipinski definition) is 5. The summed E-state index contributed by atoms with van der Waals surface area (Å²) in [6, 6.07) is 5.28. The molecule has 1 aliphatic carbocycles. The third-order valence-corrected chi connectivity index (χ3v) is 3.38. The van der Waals surface area contributed by atoms with E-state index in [4.69, 9.17) is 0 Å². The number of rotatable bonds is 3. The number of hydrazine groups is 1. The second-order valence-electron chi connectivity index (χ2n) is 4.79. The van der Waals surface area contributed by atoms with Gasteiger partial charge >= 0.3 is 0 Å². The van der Waals surface area contributed by atoms with Crippen LogP contribution in [0.3, 0.4) is 0 Å². The van der Waals surface area contributed by atoms with Gasteiger partial charge in [-0.25, -0.2) is 4.68 Å². The summed E-state index contributed by atoms with van der Waals surface area (Å²) in [5.41, 5.74) is 4.96. The Morgan fingerprint density at radius 1 is 1.14 bits per heavy atom. The molecule has 21 heavy (non-hydrogen) atoms. The van der Waals surface area contributed by atoms with Gasteiger partial charge in [0.25, 0.3) is 11.8 Å². The van der Waals surface area contributed by atoms with Gasteiger partial charge in [0.1, 0.15) is 5.69 Å². The van der Waals surface area contributed by atoms with Gasteiger partial charge < -0.3 is 0 Å². The Morgan fingerprint density at radius 2 is 1.90 bits per heavy atom. The van der Waals surface area contributed by atoms with Gasteiger partial charge in [0.2, 0.25) is 0 Å². The molecule has 0 radical (unpaired) electrons. The molecule has 2 amide bonds. The van der Waals surface area contributed by atoms with E-state index in [1.165, 1.54) is 12.6 Å². The van der Waals surface area contributed by atoms with Gasteiger partial charge in [-0.1, -0.05) is 11.3 Å². The summed E-state index contributed by atoms with van der Waals surface area (Å²) < 4.78 is 1.69. The van der Waals surface area contributed by atoms with E-state index in [2.05, 4.69) is 26.1 Å². The fourth-order valence-corrected chi connectivity index (χ4v) is 1.95. The number of nitrogens with zero attached hydrogens (tertiary/aromatic N) is 4. The predicted octanol–water partition coefficient (Wildman–Crippen LogP) is 0.473. The highest BCUT2D eigenvalue weighted by Gasteiger charge is 2.22. The van der Waals surface area contributed by atoms with Crippen molar-refractivity contribution >= 4 is 11.8 Å². The summed E-state index contributed by atoms with van der Waals surface area (Å²) in [5, 5.41) is 7.73. The average molecular weight is 286 g/mol. The van der Waals surface area contributed by atoms with Crippen molar-refractivity contribution in [2.45, 2.75) is 25.3 Å². The molecule has 0 saturated heterocycles. The number of aromatic nitrogens is 4. The van der Waals surface area contributed by atoms with Crippen LogP contribution in [0.15, 0.2) is 30.6 Å². The highest BCUT2D eigenvalue weighted by atomic mass is 16.2. The van der Waals surface area contributed by atoms with Gasteiger partial charge in [-0.05, 0) is 31.4 Å². The Bertz CT molecular complexity index is 650. The van der Waals surface area contributed by atoms with E-state index in [1.807, 2.05) is 0 Å². The van der Waals surface area contributed by atoms with Crippen LogP contribution in [-0.2, 0) is 0 Å². The minimum Gasteiger partial charge on any atom is -0.266 e.